The molecule has 126 valence electrons. The van der Waals surface area contributed by atoms with Gasteiger partial charge in [-0.3, -0.25) is 0 Å². The third-order valence-corrected chi connectivity index (χ3v) is 3.75. The predicted octanol–water partition coefficient (Wildman–Crippen LogP) is 6.78. The summed E-state index contributed by atoms with van der Waals surface area (Å²) < 4.78 is 5.05. The van der Waals surface area contributed by atoms with Crippen LogP contribution in [0.1, 0.15) is 73.1 Å². The fraction of sp³-hybridized carbons (Fsp3) is 0.619. The highest BCUT2D eigenvalue weighted by atomic mass is 16.5. The molecule has 0 aliphatic heterocycles. The van der Waals surface area contributed by atoms with Crippen molar-refractivity contribution in [1.29, 1.82) is 0 Å². The number of allylic oxidation sites excluding steroid dienone is 7. The molecule has 22 heavy (non-hydrogen) atoms. The summed E-state index contributed by atoms with van der Waals surface area (Å²) >= 11 is 0. The Hall–Kier alpha value is -1.08. The third-order valence-electron chi connectivity index (χ3n) is 3.75. The van der Waals surface area contributed by atoms with Gasteiger partial charge in [-0.1, -0.05) is 46.6 Å². The maximum atomic E-state index is 5.05. The van der Waals surface area contributed by atoms with Crippen molar-refractivity contribution in [3.63, 3.8) is 0 Å². The highest BCUT2D eigenvalue weighted by Crippen LogP contribution is 2.13. The lowest BCUT2D eigenvalue weighted by Gasteiger charge is -2.02. The van der Waals surface area contributed by atoms with E-state index < -0.39 is 0 Å². The Morgan fingerprint density at radius 1 is 0.636 bits per heavy atom. The van der Waals surface area contributed by atoms with E-state index in [2.05, 4.69) is 58.9 Å². The van der Waals surface area contributed by atoms with E-state index in [-0.39, 0.29) is 0 Å². The van der Waals surface area contributed by atoms with Crippen LogP contribution in [0.4, 0.5) is 0 Å². The van der Waals surface area contributed by atoms with E-state index in [1.165, 1.54) is 48.0 Å². The van der Waals surface area contributed by atoms with E-state index in [1.54, 1.807) is 7.11 Å². The molecule has 0 heterocycles. The number of hydrogen-bond acceptors (Lipinski definition) is 1. The standard InChI is InChI=1S/C21H36O/c1-18(2)10-7-11-19(3)12-8-13-20(4)14-9-15-21(5)16-17-22-6/h10,12,14,16H,7-9,11,13,15,17H2,1-6H3. The van der Waals surface area contributed by atoms with Crippen molar-refractivity contribution in [2.75, 3.05) is 13.7 Å². The zero-order chi connectivity index (χ0) is 16.8. The van der Waals surface area contributed by atoms with Crippen molar-refractivity contribution in [3.05, 3.63) is 46.6 Å². The first-order chi connectivity index (χ1) is 10.5. The first kappa shape index (κ1) is 20.9. The van der Waals surface area contributed by atoms with Crippen LogP contribution in [0.5, 0.6) is 0 Å². The van der Waals surface area contributed by atoms with Crippen LogP contribution in [0.15, 0.2) is 46.6 Å². The second kappa shape index (κ2) is 13.6. The van der Waals surface area contributed by atoms with Crippen molar-refractivity contribution in [2.45, 2.75) is 73.1 Å². The summed E-state index contributed by atoms with van der Waals surface area (Å²) in [6.45, 7) is 11.7. The number of hydrogen-bond donors (Lipinski definition) is 0. The van der Waals surface area contributed by atoms with Crippen molar-refractivity contribution in [1.82, 2.24) is 0 Å². The first-order valence-electron chi connectivity index (χ1n) is 8.55. The van der Waals surface area contributed by atoms with E-state index >= 15 is 0 Å². The van der Waals surface area contributed by atoms with Gasteiger partial charge in [0.05, 0.1) is 6.61 Å². The summed E-state index contributed by atoms with van der Waals surface area (Å²) in [7, 11) is 1.74. The molecule has 0 saturated carbocycles. The van der Waals surface area contributed by atoms with Crippen molar-refractivity contribution < 1.29 is 4.74 Å². The molecule has 0 spiro atoms. The minimum absolute atomic E-state index is 0.728. The largest absolute Gasteiger partial charge is 0.381 e. The molecule has 0 radical (unpaired) electrons. The van der Waals surface area contributed by atoms with Crippen LogP contribution < -0.4 is 0 Å². The Morgan fingerprint density at radius 2 is 1.05 bits per heavy atom. The highest BCUT2D eigenvalue weighted by Gasteiger charge is 1.93. The average Bonchev–Trinajstić information content (AvgIpc) is 2.44. The van der Waals surface area contributed by atoms with E-state index in [9.17, 15) is 0 Å². The molecule has 0 unspecified atom stereocenters. The maximum absolute atomic E-state index is 5.05. The van der Waals surface area contributed by atoms with Gasteiger partial charge < -0.3 is 4.74 Å². The SMILES string of the molecule is COCC=C(C)CCC=C(C)CCC=C(C)CCC=C(C)C. The van der Waals surface area contributed by atoms with Crippen LogP contribution in [0.3, 0.4) is 0 Å². The van der Waals surface area contributed by atoms with Gasteiger partial charge in [0, 0.05) is 7.11 Å². The molecule has 0 bridgehead atoms. The second-order valence-corrected chi connectivity index (χ2v) is 6.50. The number of rotatable bonds is 11. The predicted molar refractivity (Wildman–Crippen MR) is 100 cm³/mol. The smallest absolute Gasteiger partial charge is 0.0646 e. The van der Waals surface area contributed by atoms with Gasteiger partial charge in [-0.05, 0) is 73.1 Å². The van der Waals surface area contributed by atoms with E-state index in [1.807, 2.05) is 0 Å². The number of ether oxygens (including phenoxy) is 1. The van der Waals surface area contributed by atoms with Crippen molar-refractivity contribution in [2.24, 2.45) is 0 Å². The van der Waals surface area contributed by atoms with Gasteiger partial charge in [0.1, 0.15) is 0 Å². The van der Waals surface area contributed by atoms with Gasteiger partial charge >= 0.3 is 0 Å². The molecule has 0 aromatic heterocycles. The Balaban J connectivity index is 3.94. The normalized spacial score (nSPS) is 13.5. The van der Waals surface area contributed by atoms with Gasteiger partial charge in [0.2, 0.25) is 0 Å². The molecule has 0 amide bonds. The molecule has 0 N–H and O–H groups in total. The Kier molecular flexibility index (Phi) is 12.9. The third kappa shape index (κ3) is 13.9. The zero-order valence-electron chi connectivity index (χ0n) is 15.7. The molecule has 0 aromatic rings. The number of methoxy groups -OCH3 is 1. The second-order valence-electron chi connectivity index (χ2n) is 6.50. The Morgan fingerprint density at radius 3 is 1.45 bits per heavy atom. The summed E-state index contributed by atoms with van der Waals surface area (Å²) in [4.78, 5) is 0. The average molecular weight is 305 g/mol. The van der Waals surface area contributed by atoms with E-state index in [0.29, 0.717) is 0 Å². The molecule has 0 fully saturated rings. The summed E-state index contributed by atoms with van der Waals surface area (Å²) in [5.74, 6) is 0. The molecule has 0 aliphatic rings. The van der Waals surface area contributed by atoms with Crippen LogP contribution in [0.25, 0.3) is 0 Å². The fourth-order valence-electron chi connectivity index (χ4n) is 2.21. The monoisotopic (exact) mass is 304 g/mol. The van der Waals surface area contributed by atoms with Gasteiger partial charge in [-0.2, -0.15) is 0 Å². The molecule has 0 saturated heterocycles. The Bertz CT molecular complexity index is 404. The quantitative estimate of drug-likeness (QED) is 0.382. The highest BCUT2D eigenvalue weighted by molar-refractivity contribution is 5.07. The van der Waals surface area contributed by atoms with Crippen LogP contribution in [-0.4, -0.2) is 13.7 Å². The van der Waals surface area contributed by atoms with Crippen LogP contribution >= 0.6 is 0 Å². The van der Waals surface area contributed by atoms with Crippen LogP contribution in [-0.2, 0) is 4.74 Å². The molecule has 0 aliphatic carbocycles. The van der Waals surface area contributed by atoms with Gasteiger partial charge in [-0.15, -0.1) is 0 Å². The zero-order valence-corrected chi connectivity index (χ0v) is 15.7. The molecular weight excluding hydrogens is 268 g/mol. The van der Waals surface area contributed by atoms with Gasteiger partial charge in [0.25, 0.3) is 0 Å². The van der Waals surface area contributed by atoms with Gasteiger partial charge in [0.15, 0.2) is 0 Å². The molecule has 0 aromatic carbocycles. The minimum atomic E-state index is 0.728. The summed E-state index contributed by atoms with van der Waals surface area (Å²) in [6, 6.07) is 0. The van der Waals surface area contributed by atoms with Crippen LogP contribution in [0, 0.1) is 0 Å². The minimum Gasteiger partial charge on any atom is -0.381 e. The first-order valence-corrected chi connectivity index (χ1v) is 8.55. The fourth-order valence-corrected chi connectivity index (χ4v) is 2.21. The maximum Gasteiger partial charge on any atom is 0.0646 e. The van der Waals surface area contributed by atoms with E-state index in [0.717, 1.165) is 19.4 Å². The van der Waals surface area contributed by atoms with Gasteiger partial charge in [-0.25, -0.2) is 0 Å². The lowest BCUT2D eigenvalue weighted by molar-refractivity contribution is 0.233. The lowest BCUT2D eigenvalue weighted by atomic mass is 10.0. The van der Waals surface area contributed by atoms with E-state index in [4.69, 9.17) is 4.74 Å². The van der Waals surface area contributed by atoms with Crippen molar-refractivity contribution in [3.8, 4) is 0 Å². The van der Waals surface area contributed by atoms with Crippen LogP contribution in [0.2, 0.25) is 0 Å². The summed E-state index contributed by atoms with van der Waals surface area (Å²) in [5, 5.41) is 0. The summed E-state index contributed by atoms with van der Waals surface area (Å²) in [6.07, 6.45) is 16.3. The molecule has 1 heteroatoms. The molecule has 0 atom stereocenters. The topological polar surface area (TPSA) is 9.23 Å². The Labute approximate surface area is 138 Å². The molecule has 0 rings (SSSR count). The molecular formula is C21H36O. The summed E-state index contributed by atoms with van der Waals surface area (Å²) in [5.41, 5.74) is 5.86. The molecule has 1 nitrogen and oxygen atoms in total. The van der Waals surface area contributed by atoms with Crippen molar-refractivity contribution >= 4 is 0 Å². The lowest BCUT2D eigenvalue weighted by Crippen LogP contribution is -1.85.